The van der Waals surface area contributed by atoms with Crippen molar-refractivity contribution < 1.29 is 32.6 Å². The minimum absolute atomic E-state index is 0.0788. The zero-order valence-electron chi connectivity index (χ0n) is 20.0. The lowest BCUT2D eigenvalue weighted by Crippen LogP contribution is -2.52. The topological polar surface area (TPSA) is 103 Å². The summed E-state index contributed by atoms with van der Waals surface area (Å²) >= 11 is 5.70. The summed E-state index contributed by atoms with van der Waals surface area (Å²) in [5, 5.41) is 2.63. The molecule has 2 heterocycles. The molecule has 0 saturated carbocycles. The third-order valence-electron chi connectivity index (χ3n) is 5.99. The highest BCUT2D eigenvalue weighted by atomic mass is 35.5. The van der Waals surface area contributed by atoms with E-state index in [9.17, 15) is 18.4 Å². The number of piperidine rings is 1. The van der Waals surface area contributed by atoms with Gasteiger partial charge in [-0.2, -0.15) is 0 Å². The first-order valence-corrected chi connectivity index (χ1v) is 11.6. The maximum absolute atomic E-state index is 14.5. The van der Waals surface area contributed by atoms with Gasteiger partial charge in [-0.3, -0.25) is 4.79 Å². The van der Waals surface area contributed by atoms with E-state index < -0.39 is 34.8 Å². The van der Waals surface area contributed by atoms with Gasteiger partial charge in [0.2, 0.25) is 5.91 Å². The summed E-state index contributed by atoms with van der Waals surface area (Å²) in [6.45, 7) is 3.74. The smallest absolute Gasteiger partial charge is 0.328 e. The number of aromatic nitrogens is 2. The summed E-state index contributed by atoms with van der Waals surface area (Å²) in [5.41, 5.74) is 0.388. The van der Waals surface area contributed by atoms with Crippen LogP contribution in [0, 0.1) is 11.6 Å². The summed E-state index contributed by atoms with van der Waals surface area (Å²) in [6, 6.07) is 4.65. The number of esters is 1. The lowest BCUT2D eigenvalue weighted by atomic mass is 9.99. The lowest BCUT2D eigenvalue weighted by molar-refractivity contribution is -0.154. The second-order valence-electron chi connectivity index (χ2n) is 8.13. The number of carbonyl (C=O) groups excluding carboxylic acids is 2. The first-order chi connectivity index (χ1) is 17.8. The first kappa shape index (κ1) is 26.1. The summed E-state index contributed by atoms with van der Waals surface area (Å²) in [6.07, 6.45) is 2.59. The molecule has 4 rings (SSSR count). The highest BCUT2D eigenvalue weighted by Gasteiger charge is 2.37. The van der Waals surface area contributed by atoms with Crippen molar-refractivity contribution in [3.8, 4) is 11.5 Å². The number of fused-ring (bicyclic) bond motifs is 1. The van der Waals surface area contributed by atoms with Crippen molar-refractivity contribution >= 4 is 45.9 Å². The van der Waals surface area contributed by atoms with Crippen molar-refractivity contribution in [1.29, 1.82) is 0 Å². The number of nitrogens with zero attached hydrogens (tertiary/aromatic N) is 3. The van der Waals surface area contributed by atoms with Crippen LogP contribution >= 0.6 is 11.6 Å². The Balaban J connectivity index is 1.66. The third kappa shape index (κ3) is 5.26. The predicted molar refractivity (Wildman–Crippen MR) is 132 cm³/mol. The number of hydrogen-bond acceptors (Lipinski definition) is 8. The molecule has 37 heavy (non-hydrogen) atoms. The number of methoxy groups -OCH3 is 2. The lowest BCUT2D eigenvalue weighted by Gasteiger charge is -2.37. The van der Waals surface area contributed by atoms with Gasteiger partial charge in [-0.15, -0.1) is 0 Å². The van der Waals surface area contributed by atoms with Gasteiger partial charge in [0.15, 0.2) is 17.3 Å². The van der Waals surface area contributed by atoms with Crippen LogP contribution in [0.4, 0.5) is 20.3 Å². The minimum Gasteiger partial charge on any atom is -0.493 e. The molecule has 2 atom stereocenters. The van der Waals surface area contributed by atoms with Crippen LogP contribution in [-0.4, -0.2) is 59.7 Å². The zero-order chi connectivity index (χ0) is 26.7. The Morgan fingerprint density at radius 3 is 2.70 bits per heavy atom. The SMILES string of the molecule is C=CC(=O)N1CCC(Oc2cc3c(Nc4ccc(F)c(Cl)c4F)ncnc3cc2OC)CC1C(=O)OC. The van der Waals surface area contributed by atoms with Crippen molar-refractivity contribution in [2.24, 2.45) is 0 Å². The Labute approximate surface area is 216 Å². The van der Waals surface area contributed by atoms with Gasteiger partial charge in [0.1, 0.15) is 35.1 Å². The summed E-state index contributed by atoms with van der Waals surface area (Å²) in [5.74, 6) is -1.88. The fourth-order valence-electron chi connectivity index (χ4n) is 4.13. The molecular weight excluding hydrogens is 510 g/mol. The van der Waals surface area contributed by atoms with Crippen molar-refractivity contribution in [2.45, 2.75) is 25.0 Å². The van der Waals surface area contributed by atoms with E-state index in [0.29, 0.717) is 28.8 Å². The number of anilines is 2. The Bertz CT molecular complexity index is 1370. The predicted octanol–water partition coefficient (Wildman–Crippen LogP) is 4.41. The number of likely N-dealkylation sites (tertiary alicyclic amines) is 1. The largest absolute Gasteiger partial charge is 0.493 e. The maximum Gasteiger partial charge on any atom is 0.328 e. The van der Waals surface area contributed by atoms with E-state index in [-0.39, 0.29) is 30.4 Å². The van der Waals surface area contributed by atoms with Crippen LogP contribution < -0.4 is 14.8 Å². The van der Waals surface area contributed by atoms with Gasteiger partial charge in [0.05, 0.1) is 25.4 Å². The van der Waals surface area contributed by atoms with Crippen LogP contribution in [0.3, 0.4) is 0 Å². The number of hydrogen-bond donors (Lipinski definition) is 1. The van der Waals surface area contributed by atoms with Crippen LogP contribution in [0.1, 0.15) is 12.8 Å². The van der Waals surface area contributed by atoms with Crippen LogP contribution in [0.15, 0.2) is 43.2 Å². The van der Waals surface area contributed by atoms with E-state index >= 15 is 0 Å². The molecular formula is C25H23ClF2N4O5. The Morgan fingerprint density at radius 2 is 2.00 bits per heavy atom. The van der Waals surface area contributed by atoms with Crippen LogP contribution in [0.2, 0.25) is 5.02 Å². The molecule has 3 aromatic rings. The average Bonchev–Trinajstić information content (AvgIpc) is 2.92. The van der Waals surface area contributed by atoms with Gasteiger partial charge in [-0.05, 0) is 24.3 Å². The Hall–Kier alpha value is -3.99. The molecule has 1 aromatic heterocycles. The molecule has 0 bridgehead atoms. The second-order valence-corrected chi connectivity index (χ2v) is 8.51. The Kier molecular flexibility index (Phi) is 7.72. The van der Waals surface area contributed by atoms with Crippen molar-refractivity contribution in [1.82, 2.24) is 14.9 Å². The quantitative estimate of drug-likeness (QED) is 0.271. The second kappa shape index (κ2) is 11.0. The van der Waals surface area contributed by atoms with Gasteiger partial charge < -0.3 is 24.4 Å². The number of carbonyl (C=O) groups is 2. The molecule has 9 nitrogen and oxygen atoms in total. The molecule has 194 valence electrons. The van der Waals surface area contributed by atoms with Gasteiger partial charge in [0.25, 0.3) is 0 Å². The summed E-state index contributed by atoms with van der Waals surface area (Å²) in [7, 11) is 2.72. The molecule has 1 fully saturated rings. The number of amides is 1. The van der Waals surface area contributed by atoms with E-state index in [1.54, 1.807) is 12.1 Å². The van der Waals surface area contributed by atoms with E-state index in [1.165, 1.54) is 31.5 Å². The van der Waals surface area contributed by atoms with E-state index in [0.717, 1.165) is 12.1 Å². The summed E-state index contributed by atoms with van der Waals surface area (Å²) < 4.78 is 44.7. The standard InChI is InChI=1S/C25H23ClF2N4O5/c1-4-21(33)32-8-7-13(9-18(32)25(34)36-3)37-20-10-14-17(11-19(20)35-2)29-12-30-24(14)31-16-6-5-15(27)22(26)23(16)28/h4-6,10-13,18H,1,7-9H2,2-3H3,(H,29,30,31). The monoisotopic (exact) mass is 532 g/mol. The van der Waals surface area contributed by atoms with Crippen molar-refractivity contribution in [3.63, 3.8) is 0 Å². The van der Waals surface area contributed by atoms with Crippen LogP contribution in [0.25, 0.3) is 10.9 Å². The molecule has 0 aliphatic carbocycles. The molecule has 2 aromatic carbocycles. The normalized spacial score (nSPS) is 17.3. The van der Waals surface area contributed by atoms with Gasteiger partial charge in [0, 0.05) is 30.8 Å². The third-order valence-corrected chi connectivity index (χ3v) is 6.33. The molecule has 0 radical (unpaired) electrons. The van der Waals surface area contributed by atoms with E-state index in [2.05, 4.69) is 21.9 Å². The molecule has 1 N–H and O–H groups in total. The van der Waals surface area contributed by atoms with Gasteiger partial charge in [-0.1, -0.05) is 18.2 Å². The van der Waals surface area contributed by atoms with E-state index in [1.807, 2.05) is 0 Å². The zero-order valence-corrected chi connectivity index (χ0v) is 20.7. The highest BCUT2D eigenvalue weighted by Crippen LogP contribution is 2.37. The molecule has 1 aliphatic heterocycles. The molecule has 12 heteroatoms. The molecule has 2 unspecified atom stereocenters. The molecule has 1 saturated heterocycles. The maximum atomic E-state index is 14.5. The molecule has 0 spiro atoms. The number of nitrogens with one attached hydrogen (secondary N) is 1. The van der Waals surface area contributed by atoms with Crippen molar-refractivity contribution in [2.75, 3.05) is 26.1 Å². The number of rotatable bonds is 7. The van der Waals surface area contributed by atoms with Gasteiger partial charge >= 0.3 is 5.97 Å². The number of halogens is 3. The fourth-order valence-corrected chi connectivity index (χ4v) is 4.29. The van der Waals surface area contributed by atoms with Crippen molar-refractivity contribution in [3.05, 3.63) is 59.9 Å². The molecule has 1 amide bonds. The highest BCUT2D eigenvalue weighted by molar-refractivity contribution is 6.31. The molecule has 1 aliphatic rings. The summed E-state index contributed by atoms with van der Waals surface area (Å²) in [4.78, 5) is 34.4. The van der Waals surface area contributed by atoms with Gasteiger partial charge in [-0.25, -0.2) is 23.5 Å². The van der Waals surface area contributed by atoms with Crippen LogP contribution in [0.5, 0.6) is 11.5 Å². The minimum atomic E-state index is -0.965. The Morgan fingerprint density at radius 1 is 1.22 bits per heavy atom. The number of benzene rings is 2. The number of ether oxygens (including phenoxy) is 3. The average molecular weight is 533 g/mol. The fraction of sp³-hybridized carbons (Fsp3) is 0.280. The van der Waals surface area contributed by atoms with E-state index in [4.69, 9.17) is 25.8 Å². The van der Waals surface area contributed by atoms with Crippen LogP contribution in [-0.2, 0) is 14.3 Å². The first-order valence-electron chi connectivity index (χ1n) is 11.2.